The summed E-state index contributed by atoms with van der Waals surface area (Å²) < 4.78 is 5.87. The summed E-state index contributed by atoms with van der Waals surface area (Å²) in [5.41, 5.74) is 0.189. The number of nitrogens with zero attached hydrogens (tertiary/aromatic N) is 1. The molecule has 3 nitrogen and oxygen atoms in total. The minimum Gasteiger partial charge on any atom is -0.372 e. The maximum Gasteiger partial charge on any atom is 0.0834 e. The van der Waals surface area contributed by atoms with Crippen LogP contribution in [0.4, 0.5) is 0 Å². The molecule has 2 aliphatic rings. The number of likely N-dealkylation sites (N-methyl/N-ethyl adjacent to an activating group) is 1. The van der Waals surface area contributed by atoms with E-state index in [1.54, 1.807) is 0 Å². The number of hydrogen-bond acceptors (Lipinski definition) is 3. The van der Waals surface area contributed by atoms with Crippen LogP contribution < -0.4 is 5.32 Å². The lowest BCUT2D eigenvalue weighted by Crippen LogP contribution is -2.33. The third-order valence-electron chi connectivity index (χ3n) is 3.12. The van der Waals surface area contributed by atoms with E-state index >= 15 is 0 Å². The quantitative estimate of drug-likeness (QED) is 0.602. The van der Waals surface area contributed by atoms with E-state index in [0.29, 0.717) is 6.04 Å². The van der Waals surface area contributed by atoms with Gasteiger partial charge >= 0.3 is 0 Å². The van der Waals surface area contributed by atoms with Crippen LogP contribution in [-0.2, 0) is 4.74 Å². The van der Waals surface area contributed by atoms with Crippen LogP contribution in [0.2, 0.25) is 0 Å². The van der Waals surface area contributed by atoms with E-state index in [1.165, 1.54) is 12.8 Å². The maximum absolute atomic E-state index is 5.87. The van der Waals surface area contributed by atoms with Gasteiger partial charge in [-0.15, -0.1) is 0 Å². The minimum atomic E-state index is 0.189. The molecule has 0 aromatic heterocycles. The molecule has 0 aliphatic carbocycles. The van der Waals surface area contributed by atoms with Crippen LogP contribution >= 0.6 is 0 Å². The number of nitrogens with one attached hydrogen (secondary N) is 1. The monoisotopic (exact) mass is 170 g/mol. The van der Waals surface area contributed by atoms with Gasteiger partial charge in [0.1, 0.15) is 0 Å². The molecule has 2 unspecified atom stereocenters. The summed E-state index contributed by atoms with van der Waals surface area (Å²) in [6, 6.07) is 0.630. The molecule has 1 spiro atoms. The third kappa shape index (κ3) is 1.37. The van der Waals surface area contributed by atoms with Gasteiger partial charge in [0, 0.05) is 12.6 Å². The summed E-state index contributed by atoms with van der Waals surface area (Å²) in [6.07, 6.45) is 2.39. The Morgan fingerprint density at radius 1 is 1.50 bits per heavy atom. The molecule has 2 atom stereocenters. The maximum atomic E-state index is 5.87. The van der Waals surface area contributed by atoms with Crippen molar-refractivity contribution in [2.45, 2.75) is 24.5 Å². The Morgan fingerprint density at radius 3 is 2.83 bits per heavy atom. The van der Waals surface area contributed by atoms with Crippen molar-refractivity contribution >= 4 is 0 Å². The van der Waals surface area contributed by atoms with Crippen LogP contribution in [0.5, 0.6) is 0 Å². The zero-order valence-corrected chi connectivity index (χ0v) is 7.97. The third-order valence-corrected chi connectivity index (χ3v) is 3.12. The molecule has 0 saturated carbocycles. The Kier molecular flexibility index (Phi) is 2.10. The van der Waals surface area contributed by atoms with Gasteiger partial charge in [-0.05, 0) is 33.5 Å². The lowest BCUT2D eigenvalue weighted by molar-refractivity contribution is 0.0198. The predicted molar refractivity (Wildman–Crippen MR) is 48.3 cm³/mol. The number of hydrogen-bond donors (Lipinski definition) is 1. The molecule has 2 rings (SSSR count). The highest BCUT2D eigenvalue weighted by Crippen LogP contribution is 2.32. The molecule has 0 aromatic carbocycles. The van der Waals surface area contributed by atoms with E-state index in [2.05, 4.69) is 24.3 Å². The highest BCUT2D eigenvalue weighted by atomic mass is 16.5. The Bertz CT molecular complexity index is 164. The van der Waals surface area contributed by atoms with Gasteiger partial charge in [0.15, 0.2) is 0 Å². The Hall–Kier alpha value is -0.120. The second-order valence-corrected chi connectivity index (χ2v) is 4.24. The summed E-state index contributed by atoms with van der Waals surface area (Å²) in [5.74, 6) is 0. The van der Waals surface area contributed by atoms with Gasteiger partial charge in [-0.2, -0.15) is 0 Å². The van der Waals surface area contributed by atoms with Gasteiger partial charge in [0.2, 0.25) is 0 Å². The van der Waals surface area contributed by atoms with Crippen LogP contribution in [0.1, 0.15) is 12.8 Å². The molecule has 0 bridgehead atoms. The largest absolute Gasteiger partial charge is 0.372 e. The van der Waals surface area contributed by atoms with Crippen molar-refractivity contribution in [2.75, 3.05) is 33.8 Å². The Labute approximate surface area is 74.1 Å². The van der Waals surface area contributed by atoms with Crippen LogP contribution in [0.25, 0.3) is 0 Å². The highest BCUT2D eigenvalue weighted by Gasteiger charge is 2.42. The van der Waals surface area contributed by atoms with Gasteiger partial charge in [0.25, 0.3) is 0 Å². The van der Waals surface area contributed by atoms with E-state index < -0.39 is 0 Å². The average Bonchev–Trinajstić information content (AvgIpc) is 2.62. The van der Waals surface area contributed by atoms with Gasteiger partial charge in [-0.1, -0.05) is 0 Å². The zero-order chi connectivity index (χ0) is 8.60. The van der Waals surface area contributed by atoms with Crippen LogP contribution in [0.15, 0.2) is 0 Å². The molecular weight excluding hydrogens is 152 g/mol. The Morgan fingerprint density at radius 2 is 2.33 bits per heavy atom. The van der Waals surface area contributed by atoms with Crippen molar-refractivity contribution in [3.8, 4) is 0 Å². The van der Waals surface area contributed by atoms with Crippen LogP contribution in [-0.4, -0.2) is 50.3 Å². The predicted octanol–water partition coefficient (Wildman–Crippen LogP) is 0.0690. The van der Waals surface area contributed by atoms with Crippen molar-refractivity contribution < 1.29 is 4.74 Å². The number of ether oxygens (including phenoxy) is 1. The van der Waals surface area contributed by atoms with Gasteiger partial charge in [-0.3, -0.25) is 0 Å². The lowest BCUT2D eigenvalue weighted by Gasteiger charge is -2.22. The van der Waals surface area contributed by atoms with E-state index in [0.717, 1.165) is 19.7 Å². The molecule has 1 N–H and O–H groups in total. The second kappa shape index (κ2) is 2.98. The normalized spacial score (nSPS) is 41.8. The van der Waals surface area contributed by atoms with Crippen molar-refractivity contribution in [1.29, 1.82) is 0 Å². The first-order valence-corrected chi connectivity index (χ1v) is 4.73. The summed E-state index contributed by atoms with van der Waals surface area (Å²) in [6.45, 7) is 3.09. The molecule has 2 fully saturated rings. The SMILES string of the molecule is CN(C)C1COC2(CCNC2)C1. The van der Waals surface area contributed by atoms with Gasteiger partial charge in [-0.25, -0.2) is 0 Å². The smallest absolute Gasteiger partial charge is 0.0834 e. The van der Waals surface area contributed by atoms with E-state index in [4.69, 9.17) is 4.74 Å². The first-order chi connectivity index (χ1) is 5.72. The molecule has 3 heteroatoms. The van der Waals surface area contributed by atoms with Crippen molar-refractivity contribution in [2.24, 2.45) is 0 Å². The molecule has 2 saturated heterocycles. The standard InChI is InChI=1S/C9H18N2O/c1-11(2)8-5-9(12-6-8)3-4-10-7-9/h8,10H,3-7H2,1-2H3. The fourth-order valence-corrected chi connectivity index (χ4v) is 2.17. The molecular formula is C9H18N2O. The van der Waals surface area contributed by atoms with Crippen LogP contribution in [0.3, 0.4) is 0 Å². The van der Waals surface area contributed by atoms with Crippen molar-refractivity contribution in [1.82, 2.24) is 10.2 Å². The fourth-order valence-electron chi connectivity index (χ4n) is 2.17. The fraction of sp³-hybridized carbons (Fsp3) is 1.00. The van der Waals surface area contributed by atoms with Crippen molar-refractivity contribution in [3.05, 3.63) is 0 Å². The first-order valence-electron chi connectivity index (χ1n) is 4.73. The summed E-state index contributed by atoms with van der Waals surface area (Å²) in [4.78, 5) is 2.27. The van der Waals surface area contributed by atoms with Gasteiger partial charge < -0.3 is 15.0 Å². The minimum absolute atomic E-state index is 0.189. The molecule has 12 heavy (non-hydrogen) atoms. The average molecular weight is 170 g/mol. The topological polar surface area (TPSA) is 24.5 Å². The molecule has 0 aromatic rings. The molecule has 2 heterocycles. The Balaban J connectivity index is 1.96. The second-order valence-electron chi connectivity index (χ2n) is 4.24. The summed E-state index contributed by atoms with van der Waals surface area (Å²) in [5, 5.41) is 3.37. The highest BCUT2D eigenvalue weighted by molar-refractivity contribution is 4.97. The van der Waals surface area contributed by atoms with Crippen molar-refractivity contribution in [3.63, 3.8) is 0 Å². The number of rotatable bonds is 1. The first kappa shape index (κ1) is 8.48. The zero-order valence-electron chi connectivity index (χ0n) is 7.97. The summed E-state index contributed by atoms with van der Waals surface area (Å²) in [7, 11) is 4.27. The van der Waals surface area contributed by atoms with E-state index in [1.807, 2.05) is 0 Å². The molecule has 0 amide bonds. The summed E-state index contributed by atoms with van der Waals surface area (Å²) >= 11 is 0. The molecule has 0 radical (unpaired) electrons. The van der Waals surface area contributed by atoms with Crippen LogP contribution in [0, 0.1) is 0 Å². The molecule has 2 aliphatic heterocycles. The van der Waals surface area contributed by atoms with E-state index in [9.17, 15) is 0 Å². The lowest BCUT2D eigenvalue weighted by atomic mass is 9.97. The van der Waals surface area contributed by atoms with E-state index in [-0.39, 0.29) is 5.60 Å². The molecule has 70 valence electrons. The van der Waals surface area contributed by atoms with Gasteiger partial charge in [0.05, 0.1) is 12.2 Å².